The summed E-state index contributed by atoms with van der Waals surface area (Å²) < 4.78 is 11.9. The van der Waals surface area contributed by atoms with Crippen molar-refractivity contribution < 1.29 is 4.39 Å². The molecular formula is C8H16FN. The van der Waals surface area contributed by atoms with Gasteiger partial charge in [-0.05, 0) is 26.3 Å². The van der Waals surface area contributed by atoms with Crippen LogP contribution >= 0.6 is 0 Å². The molecule has 1 heterocycles. The van der Waals surface area contributed by atoms with Crippen molar-refractivity contribution in [3.8, 4) is 0 Å². The molecule has 0 spiro atoms. The van der Waals surface area contributed by atoms with Gasteiger partial charge in [0.1, 0.15) is 6.67 Å². The van der Waals surface area contributed by atoms with E-state index in [-0.39, 0.29) is 6.67 Å². The number of alkyl halides is 1. The van der Waals surface area contributed by atoms with Gasteiger partial charge in [0.2, 0.25) is 0 Å². The summed E-state index contributed by atoms with van der Waals surface area (Å²) in [6, 6.07) is 0.615. The monoisotopic (exact) mass is 145 g/mol. The van der Waals surface area contributed by atoms with Gasteiger partial charge >= 0.3 is 0 Å². The number of halogens is 1. The zero-order chi connectivity index (χ0) is 7.40. The van der Waals surface area contributed by atoms with Gasteiger partial charge in [-0.3, -0.25) is 4.90 Å². The molecule has 0 radical (unpaired) electrons. The van der Waals surface area contributed by atoms with Crippen LogP contribution in [0.2, 0.25) is 0 Å². The van der Waals surface area contributed by atoms with Gasteiger partial charge in [0.25, 0.3) is 0 Å². The number of hydrogen-bond donors (Lipinski definition) is 0. The van der Waals surface area contributed by atoms with E-state index in [0.717, 1.165) is 6.54 Å². The van der Waals surface area contributed by atoms with Crippen LogP contribution in [0, 0.1) is 0 Å². The highest BCUT2D eigenvalue weighted by molar-refractivity contribution is 4.72. The predicted molar refractivity (Wildman–Crippen MR) is 40.9 cm³/mol. The minimum absolute atomic E-state index is 0.190. The maximum atomic E-state index is 11.9. The molecule has 0 saturated carbocycles. The molecule has 1 nitrogen and oxygen atoms in total. The Labute approximate surface area is 62.2 Å². The van der Waals surface area contributed by atoms with Crippen LogP contribution in [0.3, 0.4) is 0 Å². The number of likely N-dealkylation sites (tertiary alicyclic amines) is 1. The first kappa shape index (κ1) is 7.99. The third kappa shape index (κ3) is 1.94. The van der Waals surface area contributed by atoms with Crippen molar-refractivity contribution in [2.75, 3.05) is 19.8 Å². The molecule has 1 aliphatic rings. The molecule has 1 rings (SSSR count). The Balaban J connectivity index is 2.25. The summed E-state index contributed by atoms with van der Waals surface area (Å²) in [5.74, 6) is 0. The lowest BCUT2D eigenvalue weighted by atomic mass is 10.0. The third-order valence-electron chi connectivity index (χ3n) is 2.31. The molecule has 0 amide bonds. The van der Waals surface area contributed by atoms with Crippen LogP contribution in [0.1, 0.15) is 26.2 Å². The van der Waals surface area contributed by atoms with Crippen molar-refractivity contribution in [1.29, 1.82) is 0 Å². The summed E-state index contributed by atoms with van der Waals surface area (Å²) in [5, 5.41) is 0. The molecule has 1 aliphatic heterocycles. The number of hydrogen-bond acceptors (Lipinski definition) is 1. The van der Waals surface area contributed by atoms with E-state index in [1.54, 1.807) is 0 Å². The fraction of sp³-hybridized carbons (Fsp3) is 1.00. The van der Waals surface area contributed by atoms with E-state index >= 15 is 0 Å². The average molecular weight is 145 g/mol. The number of piperidine rings is 1. The van der Waals surface area contributed by atoms with E-state index in [1.807, 2.05) is 0 Å². The van der Waals surface area contributed by atoms with Crippen LogP contribution in [0.25, 0.3) is 0 Å². The molecule has 0 aromatic rings. The molecule has 1 saturated heterocycles. The van der Waals surface area contributed by atoms with Gasteiger partial charge in [-0.15, -0.1) is 0 Å². The third-order valence-corrected chi connectivity index (χ3v) is 2.31. The Morgan fingerprint density at radius 3 is 2.90 bits per heavy atom. The molecule has 60 valence electrons. The standard InChI is InChI=1S/C8H16FN/c1-8-4-2-3-6-10(8)7-5-9/h8H,2-7H2,1H3. The van der Waals surface area contributed by atoms with Crippen molar-refractivity contribution >= 4 is 0 Å². The lowest BCUT2D eigenvalue weighted by Gasteiger charge is -2.32. The average Bonchev–Trinajstić information content (AvgIpc) is 1.94. The van der Waals surface area contributed by atoms with Gasteiger partial charge in [-0.1, -0.05) is 6.42 Å². The zero-order valence-electron chi connectivity index (χ0n) is 6.65. The fourth-order valence-electron chi connectivity index (χ4n) is 1.60. The summed E-state index contributed by atoms with van der Waals surface area (Å²) in [7, 11) is 0. The van der Waals surface area contributed by atoms with E-state index in [4.69, 9.17) is 0 Å². The Hall–Kier alpha value is -0.110. The lowest BCUT2D eigenvalue weighted by Crippen LogP contribution is -2.38. The molecule has 1 atom stereocenters. The second-order valence-electron chi connectivity index (χ2n) is 3.07. The highest BCUT2D eigenvalue weighted by Crippen LogP contribution is 2.15. The van der Waals surface area contributed by atoms with Gasteiger partial charge < -0.3 is 0 Å². The molecule has 2 heteroatoms. The first-order valence-electron chi connectivity index (χ1n) is 4.14. The van der Waals surface area contributed by atoms with Crippen LogP contribution in [0.5, 0.6) is 0 Å². The topological polar surface area (TPSA) is 3.24 Å². The second-order valence-corrected chi connectivity index (χ2v) is 3.07. The van der Waals surface area contributed by atoms with E-state index in [0.29, 0.717) is 12.6 Å². The minimum Gasteiger partial charge on any atom is -0.298 e. The van der Waals surface area contributed by atoms with Gasteiger partial charge in [0, 0.05) is 12.6 Å². The highest BCUT2D eigenvalue weighted by atomic mass is 19.1. The molecule has 0 aromatic carbocycles. The van der Waals surface area contributed by atoms with Crippen LogP contribution in [-0.4, -0.2) is 30.7 Å². The summed E-state index contributed by atoms with van der Waals surface area (Å²) in [4.78, 5) is 2.24. The van der Waals surface area contributed by atoms with Crippen molar-refractivity contribution in [1.82, 2.24) is 4.90 Å². The van der Waals surface area contributed by atoms with Crippen molar-refractivity contribution in [3.05, 3.63) is 0 Å². The largest absolute Gasteiger partial charge is 0.298 e. The fourth-order valence-corrected chi connectivity index (χ4v) is 1.60. The van der Waals surface area contributed by atoms with Gasteiger partial charge in [-0.2, -0.15) is 0 Å². The van der Waals surface area contributed by atoms with Crippen molar-refractivity contribution in [3.63, 3.8) is 0 Å². The highest BCUT2D eigenvalue weighted by Gasteiger charge is 2.16. The minimum atomic E-state index is -0.190. The molecule has 0 aliphatic carbocycles. The van der Waals surface area contributed by atoms with Gasteiger partial charge in [0.15, 0.2) is 0 Å². The normalized spacial score (nSPS) is 28.8. The summed E-state index contributed by atoms with van der Waals surface area (Å²) in [5.41, 5.74) is 0. The van der Waals surface area contributed by atoms with Crippen LogP contribution in [-0.2, 0) is 0 Å². The molecular weight excluding hydrogens is 129 g/mol. The first-order valence-corrected chi connectivity index (χ1v) is 4.14. The van der Waals surface area contributed by atoms with Crippen molar-refractivity contribution in [2.45, 2.75) is 32.2 Å². The first-order chi connectivity index (χ1) is 4.84. The molecule has 10 heavy (non-hydrogen) atoms. The summed E-state index contributed by atoms with van der Waals surface area (Å²) >= 11 is 0. The molecule has 1 fully saturated rings. The molecule has 0 aromatic heterocycles. The Bertz CT molecular complexity index is 93.3. The second kappa shape index (κ2) is 3.91. The Kier molecular flexibility index (Phi) is 3.13. The molecule has 0 N–H and O–H groups in total. The number of rotatable bonds is 2. The van der Waals surface area contributed by atoms with Crippen molar-refractivity contribution in [2.24, 2.45) is 0 Å². The molecule has 1 unspecified atom stereocenters. The van der Waals surface area contributed by atoms with E-state index in [2.05, 4.69) is 11.8 Å². The molecule has 0 bridgehead atoms. The summed E-state index contributed by atoms with van der Waals surface area (Å²) in [6.45, 7) is 3.74. The van der Waals surface area contributed by atoms with E-state index in [9.17, 15) is 4.39 Å². The van der Waals surface area contributed by atoms with Crippen LogP contribution in [0.4, 0.5) is 4.39 Å². The van der Waals surface area contributed by atoms with Gasteiger partial charge in [-0.25, -0.2) is 4.39 Å². The smallest absolute Gasteiger partial charge is 0.102 e. The van der Waals surface area contributed by atoms with E-state index in [1.165, 1.54) is 19.3 Å². The lowest BCUT2D eigenvalue weighted by molar-refractivity contribution is 0.149. The van der Waals surface area contributed by atoms with Gasteiger partial charge in [0.05, 0.1) is 0 Å². The predicted octanol–water partition coefficient (Wildman–Crippen LogP) is 1.83. The zero-order valence-corrected chi connectivity index (χ0v) is 6.65. The maximum Gasteiger partial charge on any atom is 0.102 e. The van der Waals surface area contributed by atoms with Crippen LogP contribution < -0.4 is 0 Å². The maximum absolute atomic E-state index is 11.9. The Morgan fingerprint density at radius 2 is 2.30 bits per heavy atom. The SMILES string of the molecule is CC1CCCCN1CCF. The quantitative estimate of drug-likeness (QED) is 0.573. The number of nitrogens with zero attached hydrogens (tertiary/aromatic N) is 1. The van der Waals surface area contributed by atoms with Crippen LogP contribution in [0.15, 0.2) is 0 Å². The summed E-state index contributed by atoms with van der Waals surface area (Å²) in [6.07, 6.45) is 3.83. The van der Waals surface area contributed by atoms with E-state index < -0.39 is 0 Å². The Morgan fingerprint density at radius 1 is 1.50 bits per heavy atom.